The van der Waals surface area contributed by atoms with Crippen LogP contribution in [0.5, 0.6) is 0 Å². The molecule has 1 aliphatic heterocycles. The van der Waals surface area contributed by atoms with E-state index in [0.717, 1.165) is 31.7 Å². The first-order valence-corrected chi connectivity index (χ1v) is 7.74. The van der Waals surface area contributed by atoms with E-state index >= 15 is 0 Å². The Bertz CT molecular complexity index is 549. The lowest BCUT2D eigenvalue weighted by molar-refractivity contribution is -0.384. The second-order valence-electron chi connectivity index (χ2n) is 6.30. The van der Waals surface area contributed by atoms with Gasteiger partial charge >= 0.3 is 0 Å². The monoisotopic (exact) mass is 363 g/mol. The van der Waals surface area contributed by atoms with Crippen molar-refractivity contribution in [2.75, 3.05) is 32.8 Å². The Morgan fingerprint density at radius 3 is 2.57 bits per heavy atom. The van der Waals surface area contributed by atoms with Crippen molar-refractivity contribution in [1.29, 1.82) is 0 Å². The minimum absolute atomic E-state index is 0. The molecule has 1 fully saturated rings. The Balaban J connectivity index is 0.00000264. The molecule has 6 nitrogen and oxygen atoms in total. The van der Waals surface area contributed by atoms with Crippen LogP contribution in [0.3, 0.4) is 0 Å². The van der Waals surface area contributed by atoms with E-state index in [-0.39, 0.29) is 35.8 Å². The lowest BCUT2D eigenvalue weighted by Crippen LogP contribution is -2.49. The molecule has 0 aromatic heterocycles. The molecule has 0 saturated carbocycles. The van der Waals surface area contributed by atoms with Gasteiger partial charge in [-0.05, 0) is 11.6 Å². The fourth-order valence-corrected chi connectivity index (χ4v) is 3.21. The molecule has 0 unspecified atom stereocenters. The Morgan fingerprint density at radius 1 is 1.43 bits per heavy atom. The van der Waals surface area contributed by atoms with Gasteiger partial charge in [0.05, 0.1) is 4.92 Å². The molecule has 1 aliphatic rings. The minimum atomic E-state index is -0.466. The minimum Gasteiger partial charge on any atom is -0.396 e. The molecule has 130 valence electrons. The van der Waals surface area contributed by atoms with Crippen molar-refractivity contribution < 1.29 is 10.0 Å². The average molecular weight is 364 g/mol. The van der Waals surface area contributed by atoms with Crippen molar-refractivity contribution in [2.24, 2.45) is 5.41 Å². The van der Waals surface area contributed by atoms with Gasteiger partial charge in [0.2, 0.25) is 0 Å². The molecule has 2 rings (SSSR count). The maximum absolute atomic E-state index is 11.1. The van der Waals surface area contributed by atoms with E-state index in [1.165, 1.54) is 6.07 Å². The fraction of sp³-hybridized carbons (Fsp3) is 0.600. The summed E-state index contributed by atoms with van der Waals surface area (Å²) >= 11 is 5.92. The van der Waals surface area contributed by atoms with E-state index in [1.807, 2.05) is 19.9 Å². The van der Waals surface area contributed by atoms with Crippen molar-refractivity contribution in [3.63, 3.8) is 0 Å². The molecule has 1 aromatic rings. The number of aliphatic hydroxyl groups excluding tert-OH is 1. The predicted molar refractivity (Wildman–Crippen MR) is 93.4 cm³/mol. The number of hydrogen-bond donors (Lipinski definition) is 2. The number of benzene rings is 1. The average Bonchev–Trinajstić information content (AvgIpc) is 2.50. The highest BCUT2D eigenvalue weighted by atomic mass is 35.5. The zero-order chi connectivity index (χ0) is 16.3. The Kier molecular flexibility index (Phi) is 7.23. The summed E-state index contributed by atoms with van der Waals surface area (Å²) in [5.74, 6) is 0. The van der Waals surface area contributed by atoms with Gasteiger partial charge in [0.1, 0.15) is 5.02 Å². The van der Waals surface area contributed by atoms with Gasteiger partial charge in [-0.3, -0.25) is 15.0 Å². The molecule has 0 bridgehead atoms. The molecule has 2 N–H and O–H groups in total. The first kappa shape index (κ1) is 20.1. The van der Waals surface area contributed by atoms with Gasteiger partial charge in [-0.15, -0.1) is 12.4 Å². The molecule has 1 heterocycles. The Labute approximate surface area is 147 Å². The van der Waals surface area contributed by atoms with Crippen LogP contribution in [0.15, 0.2) is 18.2 Å². The van der Waals surface area contributed by atoms with Crippen LogP contribution < -0.4 is 5.32 Å². The Morgan fingerprint density at radius 2 is 2.04 bits per heavy atom. The molecule has 1 aromatic carbocycles. The van der Waals surface area contributed by atoms with E-state index in [1.54, 1.807) is 6.07 Å². The maximum atomic E-state index is 11.1. The predicted octanol–water partition coefficient (Wildman–Crippen LogP) is 2.63. The number of nitrogens with one attached hydrogen (secondary N) is 1. The molecule has 1 saturated heterocycles. The summed E-state index contributed by atoms with van der Waals surface area (Å²) in [7, 11) is 0. The van der Waals surface area contributed by atoms with Gasteiger partial charge in [0.25, 0.3) is 5.69 Å². The largest absolute Gasteiger partial charge is 0.396 e. The normalized spacial score (nSPS) is 17.4. The summed E-state index contributed by atoms with van der Waals surface area (Å²) in [6, 6.07) is 4.82. The zero-order valence-electron chi connectivity index (χ0n) is 13.3. The van der Waals surface area contributed by atoms with Crippen LogP contribution in [-0.2, 0) is 0 Å². The van der Waals surface area contributed by atoms with Gasteiger partial charge in [0, 0.05) is 50.3 Å². The number of hydrogen-bond acceptors (Lipinski definition) is 5. The van der Waals surface area contributed by atoms with E-state index < -0.39 is 10.3 Å². The number of nitro benzene ring substituents is 1. The number of halogens is 2. The third kappa shape index (κ3) is 4.55. The van der Waals surface area contributed by atoms with E-state index in [0.29, 0.717) is 0 Å². The van der Waals surface area contributed by atoms with Crippen LogP contribution in [0.2, 0.25) is 5.02 Å². The van der Waals surface area contributed by atoms with Crippen LogP contribution in [0.25, 0.3) is 0 Å². The summed E-state index contributed by atoms with van der Waals surface area (Å²) in [5.41, 5.74) is 0.309. The lowest BCUT2D eigenvalue weighted by Gasteiger charge is -2.43. The fourth-order valence-electron chi connectivity index (χ4n) is 3.02. The highest BCUT2D eigenvalue weighted by molar-refractivity contribution is 6.32. The van der Waals surface area contributed by atoms with Gasteiger partial charge in [-0.25, -0.2) is 0 Å². The molecule has 8 heteroatoms. The lowest BCUT2D eigenvalue weighted by atomic mass is 9.79. The van der Waals surface area contributed by atoms with Gasteiger partial charge in [0.15, 0.2) is 0 Å². The van der Waals surface area contributed by atoms with Crippen LogP contribution in [0, 0.1) is 15.5 Å². The van der Waals surface area contributed by atoms with Gasteiger partial charge in [-0.2, -0.15) is 0 Å². The van der Waals surface area contributed by atoms with Crippen molar-refractivity contribution in [1.82, 2.24) is 10.2 Å². The summed E-state index contributed by atoms with van der Waals surface area (Å²) in [6.07, 6.45) is 0. The van der Waals surface area contributed by atoms with Crippen molar-refractivity contribution in [2.45, 2.75) is 19.9 Å². The first-order chi connectivity index (χ1) is 10.4. The van der Waals surface area contributed by atoms with Crippen LogP contribution >= 0.6 is 24.0 Å². The highest BCUT2D eigenvalue weighted by Crippen LogP contribution is 2.40. The molecule has 0 aliphatic carbocycles. The van der Waals surface area contributed by atoms with Crippen LogP contribution in [-0.4, -0.2) is 47.7 Å². The SMILES string of the molecule is CC(C)(CO)[C@H](c1ccc(Cl)c([N+](=O)[O-])c1)N1CCNCC1.Cl. The Hall–Kier alpha value is -0.920. The number of nitro groups is 1. The van der Waals surface area contributed by atoms with Crippen LogP contribution in [0.1, 0.15) is 25.5 Å². The van der Waals surface area contributed by atoms with Crippen molar-refractivity contribution in [3.8, 4) is 0 Å². The summed E-state index contributed by atoms with van der Waals surface area (Å²) in [6.45, 7) is 7.36. The molecule has 0 radical (unpaired) electrons. The standard InChI is InChI=1S/C15H22ClN3O3.ClH/c1-15(2,10-20)14(18-7-5-17-6-8-18)11-3-4-12(16)13(9-11)19(21)22;/h3-4,9,14,17,20H,5-8,10H2,1-2H3;1H/t14-;/m0./s1. The van der Waals surface area contributed by atoms with E-state index in [9.17, 15) is 15.2 Å². The number of piperazine rings is 1. The van der Waals surface area contributed by atoms with E-state index in [4.69, 9.17) is 11.6 Å². The number of nitrogens with zero attached hydrogens (tertiary/aromatic N) is 2. The first-order valence-electron chi connectivity index (χ1n) is 7.36. The highest BCUT2D eigenvalue weighted by Gasteiger charge is 2.36. The maximum Gasteiger partial charge on any atom is 0.288 e. The quantitative estimate of drug-likeness (QED) is 0.620. The van der Waals surface area contributed by atoms with Crippen LogP contribution in [0.4, 0.5) is 5.69 Å². The molecule has 0 spiro atoms. The smallest absolute Gasteiger partial charge is 0.288 e. The number of rotatable bonds is 5. The summed E-state index contributed by atoms with van der Waals surface area (Å²) in [4.78, 5) is 12.9. The molecule has 23 heavy (non-hydrogen) atoms. The van der Waals surface area contributed by atoms with Crippen molar-refractivity contribution >= 4 is 29.7 Å². The second-order valence-corrected chi connectivity index (χ2v) is 6.71. The second kappa shape index (κ2) is 8.26. The van der Waals surface area contributed by atoms with Crippen molar-refractivity contribution in [3.05, 3.63) is 38.9 Å². The summed E-state index contributed by atoms with van der Waals surface area (Å²) in [5, 5.41) is 24.4. The third-order valence-electron chi connectivity index (χ3n) is 4.15. The molecular weight excluding hydrogens is 341 g/mol. The van der Waals surface area contributed by atoms with Gasteiger partial charge in [-0.1, -0.05) is 31.5 Å². The zero-order valence-corrected chi connectivity index (χ0v) is 14.9. The van der Waals surface area contributed by atoms with Gasteiger partial charge < -0.3 is 10.4 Å². The molecular formula is C15H23Cl2N3O3. The third-order valence-corrected chi connectivity index (χ3v) is 4.47. The topological polar surface area (TPSA) is 78.6 Å². The van der Waals surface area contributed by atoms with E-state index in [2.05, 4.69) is 10.2 Å². The molecule has 1 atom stereocenters. The molecule has 0 amide bonds. The summed E-state index contributed by atoms with van der Waals surface area (Å²) < 4.78 is 0. The number of aliphatic hydroxyl groups is 1.